The molecule has 0 aliphatic carbocycles. The van der Waals surface area contributed by atoms with Crippen LogP contribution in [-0.2, 0) is 6.42 Å². The number of hydrogen-bond donors (Lipinski definition) is 1. The van der Waals surface area contributed by atoms with Crippen LogP contribution in [0.3, 0.4) is 0 Å². The molecule has 0 heterocycles. The summed E-state index contributed by atoms with van der Waals surface area (Å²) in [6.45, 7) is 5.51. The highest BCUT2D eigenvalue weighted by Gasteiger charge is 2.16. The number of rotatable bonds is 3. The molecule has 2 aromatic rings. The Hall–Kier alpha value is -1.74. The Morgan fingerprint density at radius 3 is 2.10 bits per heavy atom. The third-order valence-corrected chi connectivity index (χ3v) is 3.35. The van der Waals surface area contributed by atoms with Crippen LogP contribution < -0.4 is 0 Å². The molecule has 106 valence electrons. The Balaban J connectivity index is 2.28. The van der Waals surface area contributed by atoms with Crippen molar-refractivity contribution in [1.82, 2.24) is 0 Å². The third-order valence-electron chi connectivity index (χ3n) is 3.35. The highest BCUT2D eigenvalue weighted by molar-refractivity contribution is 5.32. The van der Waals surface area contributed by atoms with E-state index in [1.165, 1.54) is 6.07 Å². The molecule has 0 saturated carbocycles. The van der Waals surface area contributed by atoms with E-state index in [4.69, 9.17) is 0 Å². The first-order valence-electron chi connectivity index (χ1n) is 6.57. The fourth-order valence-electron chi connectivity index (χ4n) is 2.45. The molecule has 1 unspecified atom stereocenters. The van der Waals surface area contributed by atoms with E-state index in [0.29, 0.717) is 12.0 Å². The van der Waals surface area contributed by atoms with Gasteiger partial charge in [-0.1, -0.05) is 29.3 Å². The van der Waals surface area contributed by atoms with Gasteiger partial charge in [-0.2, -0.15) is 0 Å². The molecular formula is C17H18F2O. The van der Waals surface area contributed by atoms with Crippen LogP contribution in [-0.4, -0.2) is 5.11 Å². The smallest absolute Gasteiger partial charge is 0.131 e. The Morgan fingerprint density at radius 2 is 1.50 bits per heavy atom. The lowest BCUT2D eigenvalue weighted by Crippen LogP contribution is -2.06. The third kappa shape index (κ3) is 3.23. The normalized spacial score (nSPS) is 12.5. The van der Waals surface area contributed by atoms with Crippen LogP contribution in [0.1, 0.15) is 33.9 Å². The SMILES string of the molecule is Cc1cc(C)cc(CC(O)c2cc(C)c(F)cc2F)c1. The Morgan fingerprint density at radius 1 is 0.900 bits per heavy atom. The molecule has 0 spiro atoms. The molecule has 1 atom stereocenters. The highest BCUT2D eigenvalue weighted by Crippen LogP contribution is 2.24. The summed E-state index contributed by atoms with van der Waals surface area (Å²) >= 11 is 0. The van der Waals surface area contributed by atoms with Crippen LogP contribution in [0.4, 0.5) is 8.78 Å². The van der Waals surface area contributed by atoms with Gasteiger partial charge in [0.1, 0.15) is 11.6 Å². The first-order valence-corrected chi connectivity index (χ1v) is 6.57. The Kier molecular flexibility index (Phi) is 4.19. The summed E-state index contributed by atoms with van der Waals surface area (Å²) in [7, 11) is 0. The van der Waals surface area contributed by atoms with E-state index in [2.05, 4.69) is 0 Å². The topological polar surface area (TPSA) is 20.2 Å². The maximum Gasteiger partial charge on any atom is 0.131 e. The van der Waals surface area contributed by atoms with Gasteiger partial charge in [0.05, 0.1) is 6.10 Å². The van der Waals surface area contributed by atoms with E-state index in [-0.39, 0.29) is 5.56 Å². The van der Waals surface area contributed by atoms with E-state index in [1.54, 1.807) is 6.92 Å². The molecule has 2 rings (SSSR count). The van der Waals surface area contributed by atoms with Crippen LogP contribution in [0.25, 0.3) is 0 Å². The zero-order valence-electron chi connectivity index (χ0n) is 11.9. The summed E-state index contributed by atoms with van der Waals surface area (Å²) in [5.74, 6) is -1.30. The lowest BCUT2D eigenvalue weighted by atomic mass is 9.97. The standard InChI is InChI=1S/C17H18F2O/c1-10-4-11(2)6-13(5-10)8-17(20)14-7-12(3)15(18)9-16(14)19/h4-7,9,17,20H,8H2,1-3H3. The molecule has 0 aromatic heterocycles. The number of aliphatic hydroxyl groups excluding tert-OH is 1. The van der Waals surface area contributed by atoms with Gasteiger partial charge in [-0.05, 0) is 38.0 Å². The second-order valence-electron chi connectivity index (χ2n) is 5.34. The van der Waals surface area contributed by atoms with Gasteiger partial charge < -0.3 is 5.11 Å². The lowest BCUT2D eigenvalue weighted by molar-refractivity contribution is 0.173. The van der Waals surface area contributed by atoms with Crippen LogP contribution in [0.5, 0.6) is 0 Å². The van der Waals surface area contributed by atoms with Gasteiger partial charge in [0.15, 0.2) is 0 Å². The molecule has 0 aliphatic heterocycles. The van der Waals surface area contributed by atoms with E-state index >= 15 is 0 Å². The van der Waals surface area contributed by atoms with Crippen molar-refractivity contribution in [2.45, 2.75) is 33.3 Å². The molecule has 3 heteroatoms. The fourth-order valence-corrected chi connectivity index (χ4v) is 2.45. The number of hydrogen-bond acceptors (Lipinski definition) is 1. The summed E-state index contributed by atoms with van der Waals surface area (Å²) in [6, 6.07) is 8.17. The number of aryl methyl sites for hydroxylation is 3. The van der Waals surface area contributed by atoms with Gasteiger partial charge in [-0.3, -0.25) is 0 Å². The van der Waals surface area contributed by atoms with E-state index < -0.39 is 17.7 Å². The Bertz CT molecular complexity index is 615. The second kappa shape index (κ2) is 5.71. The number of halogens is 2. The zero-order chi connectivity index (χ0) is 14.9. The van der Waals surface area contributed by atoms with Crippen molar-refractivity contribution in [1.29, 1.82) is 0 Å². The molecule has 0 bridgehead atoms. The van der Waals surface area contributed by atoms with Gasteiger partial charge in [0, 0.05) is 18.1 Å². The molecule has 0 fully saturated rings. The van der Waals surface area contributed by atoms with Crippen molar-refractivity contribution >= 4 is 0 Å². The quantitative estimate of drug-likeness (QED) is 0.892. The molecule has 0 amide bonds. The maximum atomic E-state index is 13.7. The summed E-state index contributed by atoms with van der Waals surface area (Å²) in [5.41, 5.74) is 3.62. The van der Waals surface area contributed by atoms with Crippen LogP contribution in [0.15, 0.2) is 30.3 Å². The molecule has 1 N–H and O–H groups in total. The predicted molar refractivity (Wildman–Crippen MR) is 75.7 cm³/mol. The van der Waals surface area contributed by atoms with Crippen LogP contribution in [0, 0.1) is 32.4 Å². The molecule has 2 aromatic carbocycles. The van der Waals surface area contributed by atoms with Crippen molar-refractivity contribution < 1.29 is 13.9 Å². The minimum atomic E-state index is -0.976. The molecular weight excluding hydrogens is 258 g/mol. The van der Waals surface area contributed by atoms with Gasteiger partial charge in [-0.25, -0.2) is 8.78 Å². The molecule has 20 heavy (non-hydrogen) atoms. The maximum absolute atomic E-state index is 13.7. The van der Waals surface area contributed by atoms with Crippen molar-refractivity contribution in [3.05, 3.63) is 69.8 Å². The molecule has 0 radical (unpaired) electrons. The lowest BCUT2D eigenvalue weighted by Gasteiger charge is -2.14. The predicted octanol–water partition coefficient (Wildman–Crippen LogP) is 4.17. The molecule has 1 nitrogen and oxygen atoms in total. The van der Waals surface area contributed by atoms with Gasteiger partial charge in [0.2, 0.25) is 0 Å². The summed E-state index contributed by atoms with van der Waals surface area (Å²) in [6.07, 6.45) is -0.666. The average molecular weight is 276 g/mol. The largest absolute Gasteiger partial charge is 0.388 e. The van der Waals surface area contributed by atoms with Gasteiger partial charge in [-0.15, -0.1) is 0 Å². The average Bonchev–Trinajstić information content (AvgIpc) is 2.32. The fraction of sp³-hybridized carbons (Fsp3) is 0.294. The van der Waals surface area contributed by atoms with Crippen LogP contribution in [0.2, 0.25) is 0 Å². The first kappa shape index (κ1) is 14.7. The van der Waals surface area contributed by atoms with Crippen molar-refractivity contribution in [2.75, 3.05) is 0 Å². The minimum absolute atomic E-state index is 0.142. The van der Waals surface area contributed by atoms with E-state index in [9.17, 15) is 13.9 Å². The van der Waals surface area contributed by atoms with Gasteiger partial charge >= 0.3 is 0 Å². The van der Waals surface area contributed by atoms with Crippen molar-refractivity contribution in [2.24, 2.45) is 0 Å². The summed E-state index contributed by atoms with van der Waals surface area (Å²) in [4.78, 5) is 0. The zero-order valence-corrected chi connectivity index (χ0v) is 11.9. The van der Waals surface area contributed by atoms with Gasteiger partial charge in [0.25, 0.3) is 0 Å². The highest BCUT2D eigenvalue weighted by atomic mass is 19.1. The summed E-state index contributed by atoms with van der Waals surface area (Å²) < 4.78 is 27.0. The monoisotopic (exact) mass is 276 g/mol. The van der Waals surface area contributed by atoms with Crippen LogP contribution >= 0.6 is 0 Å². The van der Waals surface area contributed by atoms with E-state index in [0.717, 1.165) is 22.8 Å². The number of benzene rings is 2. The van der Waals surface area contributed by atoms with E-state index in [1.807, 2.05) is 32.0 Å². The first-order chi connectivity index (χ1) is 9.36. The van der Waals surface area contributed by atoms with Crippen molar-refractivity contribution in [3.8, 4) is 0 Å². The second-order valence-corrected chi connectivity index (χ2v) is 5.34. The Labute approximate surface area is 117 Å². The summed E-state index contributed by atoms with van der Waals surface area (Å²) in [5, 5.41) is 10.2. The molecule has 0 aliphatic rings. The van der Waals surface area contributed by atoms with Crippen molar-refractivity contribution in [3.63, 3.8) is 0 Å². The number of aliphatic hydroxyl groups is 1. The minimum Gasteiger partial charge on any atom is -0.388 e. The molecule has 0 saturated heterocycles.